The van der Waals surface area contributed by atoms with Crippen molar-refractivity contribution in [3.05, 3.63) is 57.7 Å². The fourth-order valence-electron chi connectivity index (χ4n) is 2.84. The summed E-state index contributed by atoms with van der Waals surface area (Å²) in [6.45, 7) is 5.65. The van der Waals surface area contributed by atoms with E-state index < -0.39 is 0 Å². The zero-order chi connectivity index (χ0) is 18.0. The molecular weight excluding hydrogens is 320 g/mol. The number of fused-ring (bicyclic) bond motifs is 1. The highest BCUT2D eigenvalue weighted by Crippen LogP contribution is 2.16. The molecule has 1 aromatic carbocycles. The quantitative estimate of drug-likeness (QED) is 0.769. The van der Waals surface area contributed by atoms with Gasteiger partial charge >= 0.3 is 0 Å². The Hall–Kier alpha value is -2.96. The van der Waals surface area contributed by atoms with Gasteiger partial charge in [0.1, 0.15) is 5.76 Å². The van der Waals surface area contributed by atoms with Crippen molar-refractivity contribution in [3.63, 3.8) is 0 Å². The molecule has 130 valence electrons. The van der Waals surface area contributed by atoms with Crippen molar-refractivity contribution in [2.75, 3.05) is 0 Å². The molecule has 0 aliphatic rings. The Morgan fingerprint density at radius 1 is 1.28 bits per heavy atom. The molecule has 25 heavy (non-hydrogen) atoms. The molecule has 1 atom stereocenters. The minimum Gasteiger partial charge on any atom is -0.360 e. The summed E-state index contributed by atoms with van der Waals surface area (Å²) < 4.78 is 6.35. The van der Waals surface area contributed by atoms with E-state index in [0.29, 0.717) is 16.8 Å². The van der Waals surface area contributed by atoms with Gasteiger partial charge in [-0.25, -0.2) is 4.68 Å². The second-order valence-corrected chi connectivity index (χ2v) is 6.03. The van der Waals surface area contributed by atoms with Gasteiger partial charge in [-0.15, -0.1) is 0 Å². The minimum absolute atomic E-state index is 0.0965. The number of amides is 1. The summed E-state index contributed by atoms with van der Waals surface area (Å²) >= 11 is 0. The summed E-state index contributed by atoms with van der Waals surface area (Å²) in [6.07, 6.45) is 0.159. The van der Waals surface area contributed by atoms with E-state index in [2.05, 4.69) is 15.6 Å². The van der Waals surface area contributed by atoms with Gasteiger partial charge in [0.15, 0.2) is 5.52 Å². The monoisotopic (exact) mass is 340 g/mol. The predicted octanol–water partition coefficient (Wildman–Crippen LogP) is 2.27. The zero-order valence-corrected chi connectivity index (χ0v) is 14.4. The molecule has 0 aliphatic heterocycles. The lowest BCUT2D eigenvalue weighted by Gasteiger charge is -2.14. The maximum atomic E-state index is 12.4. The van der Waals surface area contributed by atoms with E-state index in [1.807, 2.05) is 37.3 Å². The Bertz CT molecular complexity index is 960. The Morgan fingerprint density at radius 2 is 2.00 bits per heavy atom. The molecule has 0 bridgehead atoms. The van der Waals surface area contributed by atoms with E-state index in [1.165, 1.54) is 4.68 Å². The van der Waals surface area contributed by atoms with E-state index in [1.54, 1.807) is 13.8 Å². The molecule has 7 nitrogen and oxygen atoms in total. The number of nitrogens with one attached hydrogen (secondary N) is 1. The van der Waals surface area contributed by atoms with Gasteiger partial charge < -0.3 is 9.84 Å². The fraction of sp³-hybridized carbons (Fsp3) is 0.333. The van der Waals surface area contributed by atoms with Gasteiger partial charge in [-0.2, -0.15) is 5.10 Å². The molecule has 0 fully saturated rings. The van der Waals surface area contributed by atoms with Crippen LogP contribution in [0.4, 0.5) is 0 Å². The molecule has 1 amide bonds. The van der Waals surface area contributed by atoms with Crippen LogP contribution >= 0.6 is 0 Å². The van der Waals surface area contributed by atoms with Crippen molar-refractivity contribution in [2.45, 2.75) is 39.8 Å². The lowest BCUT2D eigenvalue weighted by Crippen LogP contribution is -2.30. The number of carbonyl (C=O) groups is 1. The van der Waals surface area contributed by atoms with Crippen LogP contribution in [0.5, 0.6) is 0 Å². The third kappa shape index (κ3) is 3.45. The molecule has 3 rings (SSSR count). The molecule has 1 N–H and O–H groups in total. The van der Waals surface area contributed by atoms with E-state index in [9.17, 15) is 9.59 Å². The molecule has 0 saturated carbocycles. The Balaban J connectivity index is 1.69. The van der Waals surface area contributed by atoms with E-state index in [0.717, 1.165) is 5.56 Å². The summed E-state index contributed by atoms with van der Waals surface area (Å²) in [7, 11) is 0. The Kier molecular flexibility index (Phi) is 4.65. The first-order valence-electron chi connectivity index (χ1n) is 8.15. The van der Waals surface area contributed by atoms with Crippen LogP contribution in [0.3, 0.4) is 0 Å². The van der Waals surface area contributed by atoms with Crippen LogP contribution in [-0.2, 0) is 11.3 Å². The molecule has 2 aromatic heterocycles. The van der Waals surface area contributed by atoms with Crippen LogP contribution in [0.15, 0.2) is 39.6 Å². The summed E-state index contributed by atoms with van der Waals surface area (Å²) in [6, 6.07) is 9.61. The van der Waals surface area contributed by atoms with Crippen molar-refractivity contribution in [1.29, 1.82) is 0 Å². The van der Waals surface area contributed by atoms with Crippen LogP contribution in [0.25, 0.3) is 10.9 Å². The van der Waals surface area contributed by atoms with Crippen molar-refractivity contribution < 1.29 is 9.32 Å². The average molecular weight is 340 g/mol. The maximum Gasteiger partial charge on any atom is 0.296 e. The number of hydrogen-bond acceptors (Lipinski definition) is 5. The number of rotatable bonds is 5. The molecule has 0 spiro atoms. The van der Waals surface area contributed by atoms with E-state index >= 15 is 0 Å². The summed E-state index contributed by atoms with van der Waals surface area (Å²) in [5.41, 5.74) is 1.59. The van der Waals surface area contributed by atoms with Gasteiger partial charge in [0, 0.05) is 6.42 Å². The number of hydrogen-bond donors (Lipinski definition) is 1. The molecule has 0 radical (unpaired) electrons. The predicted molar refractivity (Wildman–Crippen MR) is 93.2 cm³/mol. The average Bonchev–Trinajstić information content (AvgIpc) is 3.00. The highest BCUT2D eigenvalue weighted by atomic mass is 16.5. The summed E-state index contributed by atoms with van der Waals surface area (Å²) in [4.78, 5) is 24.6. The zero-order valence-electron chi connectivity index (χ0n) is 14.4. The standard InChI is InChI=1S/C18H20N4O3/c1-11(14-7-5-4-6-8-14)19-15(23)9-10-22-18(24)17-16(12(2)20-22)13(3)25-21-17/h4-8,11H,9-10H2,1-3H3,(H,19,23). The van der Waals surface area contributed by atoms with Gasteiger partial charge in [-0.05, 0) is 26.3 Å². The minimum atomic E-state index is -0.346. The van der Waals surface area contributed by atoms with Gasteiger partial charge in [0.25, 0.3) is 5.56 Å². The van der Waals surface area contributed by atoms with Crippen molar-refractivity contribution >= 4 is 16.8 Å². The summed E-state index contributed by atoms with van der Waals surface area (Å²) in [5.74, 6) is 0.429. The topological polar surface area (TPSA) is 90.0 Å². The highest BCUT2D eigenvalue weighted by Gasteiger charge is 2.16. The Morgan fingerprint density at radius 3 is 2.72 bits per heavy atom. The molecule has 1 unspecified atom stereocenters. The number of aryl methyl sites for hydroxylation is 3. The van der Waals surface area contributed by atoms with Crippen LogP contribution < -0.4 is 10.9 Å². The number of aromatic nitrogens is 3. The van der Waals surface area contributed by atoms with Gasteiger partial charge in [-0.3, -0.25) is 9.59 Å². The number of carbonyl (C=O) groups excluding carboxylic acids is 1. The van der Waals surface area contributed by atoms with Gasteiger partial charge in [-0.1, -0.05) is 35.5 Å². The molecule has 0 aliphatic carbocycles. The molecule has 7 heteroatoms. The largest absolute Gasteiger partial charge is 0.360 e. The third-order valence-electron chi connectivity index (χ3n) is 4.16. The SMILES string of the molecule is Cc1nn(CCC(=O)NC(C)c2ccccc2)c(=O)c2noc(C)c12. The van der Waals surface area contributed by atoms with Crippen molar-refractivity contribution in [3.8, 4) is 0 Å². The molecule has 0 saturated heterocycles. The van der Waals surface area contributed by atoms with Crippen LogP contribution in [0.2, 0.25) is 0 Å². The number of nitrogens with zero attached hydrogens (tertiary/aromatic N) is 3. The van der Waals surface area contributed by atoms with Crippen LogP contribution in [0.1, 0.15) is 36.4 Å². The summed E-state index contributed by atoms with van der Waals surface area (Å²) in [5, 5.41) is 11.6. The highest BCUT2D eigenvalue weighted by molar-refractivity contribution is 5.81. The van der Waals surface area contributed by atoms with E-state index in [4.69, 9.17) is 4.52 Å². The maximum absolute atomic E-state index is 12.4. The second kappa shape index (κ2) is 6.88. The van der Waals surface area contributed by atoms with Gasteiger partial charge in [0.2, 0.25) is 5.91 Å². The molecule has 3 aromatic rings. The van der Waals surface area contributed by atoms with Crippen LogP contribution in [-0.4, -0.2) is 20.8 Å². The molecule has 2 heterocycles. The first-order chi connectivity index (χ1) is 12.0. The fourth-order valence-corrected chi connectivity index (χ4v) is 2.84. The Labute approximate surface area is 144 Å². The molecular formula is C18H20N4O3. The van der Waals surface area contributed by atoms with E-state index in [-0.39, 0.29) is 36.0 Å². The first-order valence-corrected chi connectivity index (χ1v) is 8.15. The third-order valence-corrected chi connectivity index (χ3v) is 4.16. The van der Waals surface area contributed by atoms with Crippen LogP contribution in [0, 0.1) is 13.8 Å². The van der Waals surface area contributed by atoms with Crippen molar-refractivity contribution in [2.24, 2.45) is 0 Å². The lowest BCUT2D eigenvalue weighted by atomic mass is 10.1. The van der Waals surface area contributed by atoms with Crippen molar-refractivity contribution in [1.82, 2.24) is 20.3 Å². The smallest absolute Gasteiger partial charge is 0.296 e. The second-order valence-electron chi connectivity index (χ2n) is 6.03. The number of benzene rings is 1. The first kappa shape index (κ1) is 16.9. The lowest BCUT2D eigenvalue weighted by molar-refractivity contribution is -0.122. The normalized spacial score (nSPS) is 12.3. The van der Waals surface area contributed by atoms with Gasteiger partial charge in [0.05, 0.1) is 23.7 Å².